The summed E-state index contributed by atoms with van der Waals surface area (Å²) in [5.74, 6) is 1.44. The number of halogens is 3. The van der Waals surface area contributed by atoms with Crippen molar-refractivity contribution in [2.45, 2.75) is 23.2 Å². The number of anilines is 1. The molecule has 0 saturated carbocycles. The lowest BCUT2D eigenvalue weighted by molar-refractivity contribution is -0.113. The van der Waals surface area contributed by atoms with Crippen LogP contribution in [0.3, 0.4) is 0 Å². The van der Waals surface area contributed by atoms with Crippen molar-refractivity contribution in [2.24, 2.45) is 0 Å². The summed E-state index contributed by atoms with van der Waals surface area (Å²) in [6, 6.07) is 11.6. The zero-order valence-corrected chi connectivity index (χ0v) is 19.5. The van der Waals surface area contributed by atoms with Crippen molar-refractivity contribution in [2.75, 3.05) is 11.1 Å². The molecule has 31 heavy (non-hydrogen) atoms. The third kappa shape index (κ3) is 6.74. The number of para-hydroxylation sites is 1. The number of nitrogens with one attached hydrogen (secondary N) is 1. The Morgan fingerprint density at radius 3 is 2.71 bits per heavy atom. The van der Waals surface area contributed by atoms with E-state index in [0.29, 0.717) is 27.5 Å². The standard InChI is InChI=1S/C21H19Cl2FN4OS2/c1-2-9-28-19(12-30-11-14-7-8-15(22)16(23)10-14)26-27-21(28)31-13-20(29)25-18-6-4-3-5-17(18)24/h2-8,10H,1,9,11-13H2,(H,25,29). The molecule has 0 radical (unpaired) electrons. The fraction of sp³-hybridized carbons (Fsp3) is 0.190. The molecule has 1 heterocycles. The first-order valence-electron chi connectivity index (χ1n) is 9.19. The second kappa shape index (κ2) is 11.6. The molecule has 3 rings (SSSR count). The highest BCUT2D eigenvalue weighted by molar-refractivity contribution is 7.99. The van der Waals surface area contributed by atoms with Crippen LogP contribution in [0.15, 0.2) is 60.3 Å². The van der Waals surface area contributed by atoms with Gasteiger partial charge in [-0.05, 0) is 29.8 Å². The van der Waals surface area contributed by atoms with Crippen LogP contribution in [0, 0.1) is 5.82 Å². The van der Waals surface area contributed by atoms with Crippen molar-refractivity contribution in [1.29, 1.82) is 0 Å². The second-order valence-electron chi connectivity index (χ2n) is 6.36. The molecule has 0 bridgehead atoms. The quantitative estimate of drug-likeness (QED) is 0.272. The number of nitrogens with zero attached hydrogens (tertiary/aromatic N) is 3. The van der Waals surface area contributed by atoms with Crippen LogP contribution in [0.25, 0.3) is 0 Å². The van der Waals surface area contributed by atoms with Crippen LogP contribution in [0.4, 0.5) is 10.1 Å². The summed E-state index contributed by atoms with van der Waals surface area (Å²) in [6.07, 6.45) is 1.75. The molecule has 3 aromatic rings. The van der Waals surface area contributed by atoms with Crippen LogP contribution in [-0.4, -0.2) is 26.4 Å². The monoisotopic (exact) mass is 496 g/mol. The molecule has 162 valence electrons. The Kier molecular flexibility index (Phi) is 8.83. The Morgan fingerprint density at radius 2 is 1.97 bits per heavy atom. The number of benzene rings is 2. The van der Waals surface area contributed by atoms with Crippen molar-refractivity contribution >= 4 is 58.3 Å². The first-order valence-corrected chi connectivity index (χ1v) is 12.1. The summed E-state index contributed by atoms with van der Waals surface area (Å²) in [7, 11) is 0. The molecule has 0 spiro atoms. The van der Waals surface area contributed by atoms with Gasteiger partial charge in [0.15, 0.2) is 5.16 Å². The van der Waals surface area contributed by atoms with E-state index in [0.717, 1.165) is 17.1 Å². The highest BCUT2D eigenvalue weighted by Crippen LogP contribution is 2.26. The Morgan fingerprint density at radius 1 is 1.16 bits per heavy atom. The van der Waals surface area contributed by atoms with Gasteiger partial charge in [-0.2, -0.15) is 0 Å². The van der Waals surface area contributed by atoms with Gasteiger partial charge in [0, 0.05) is 12.3 Å². The summed E-state index contributed by atoms with van der Waals surface area (Å²) >= 11 is 14.9. The number of amides is 1. The number of hydrogen-bond donors (Lipinski definition) is 1. The average Bonchev–Trinajstić information content (AvgIpc) is 3.13. The van der Waals surface area contributed by atoms with Crippen LogP contribution in [0.5, 0.6) is 0 Å². The molecule has 0 unspecified atom stereocenters. The fourth-order valence-corrected chi connectivity index (χ4v) is 4.61. The van der Waals surface area contributed by atoms with Gasteiger partial charge < -0.3 is 9.88 Å². The molecule has 5 nitrogen and oxygen atoms in total. The van der Waals surface area contributed by atoms with Gasteiger partial charge in [0.2, 0.25) is 5.91 Å². The average molecular weight is 497 g/mol. The van der Waals surface area contributed by atoms with Gasteiger partial charge in [0.05, 0.1) is 27.2 Å². The molecule has 0 atom stereocenters. The molecule has 10 heteroatoms. The highest BCUT2D eigenvalue weighted by Gasteiger charge is 2.14. The van der Waals surface area contributed by atoms with Gasteiger partial charge in [0.25, 0.3) is 0 Å². The molecule has 0 fully saturated rings. The van der Waals surface area contributed by atoms with E-state index >= 15 is 0 Å². The normalized spacial score (nSPS) is 10.8. The van der Waals surface area contributed by atoms with E-state index in [-0.39, 0.29) is 17.3 Å². The third-order valence-corrected chi connectivity index (χ3v) is 6.77. The number of thioether (sulfide) groups is 2. The van der Waals surface area contributed by atoms with Crippen molar-refractivity contribution in [1.82, 2.24) is 14.8 Å². The maximum absolute atomic E-state index is 13.7. The van der Waals surface area contributed by atoms with Crippen LogP contribution < -0.4 is 5.32 Å². The lowest BCUT2D eigenvalue weighted by atomic mass is 10.2. The molecule has 0 aliphatic rings. The minimum absolute atomic E-state index is 0.0834. The van der Waals surface area contributed by atoms with E-state index in [1.807, 2.05) is 16.7 Å². The van der Waals surface area contributed by atoms with Crippen molar-refractivity contribution in [3.05, 3.63) is 82.4 Å². The minimum atomic E-state index is -0.475. The predicted molar refractivity (Wildman–Crippen MR) is 127 cm³/mol. The van der Waals surface area contributed by atoms with E-state index in [2.05, 4.69) is 22.1 Å². The molecule has 0 aliphatic carbocycles. The number of hydrogen-bond acceptors (Lipinski definition) is 5. The number of carbonyl (C=O) groups is 1. The van der Waals surface area contributed by atoms with Gasteiger partial charge in [0.1, 0.15) is 11.6 Å². The molecular formula is C21H19Cl2FN4OS2. The van der Waals surface area contributed by atoms with Crippen molar-refractivity contribution in [3.63, 3.8) is 0 Å². The molecule has 1 N–H and O–H groups in total. The predicted octanol–water partition coefficient (Wildman–Crippen LogP) is 6.07. The van der Waals surface area contributed by atoms with Crippen LogP contribution in [-0.2, 0) is 22.8 Å². The smallest absolute Gasteiger partial charge is 0.234 e. The second-order valence-corrected chi connectivity index (χ2v) is 9.10. The molecule has 0 aliphatic heterocycles. The first kappa shape index (κ1) is 23.7. The van der Waals surface area contributed by atoms with Gasteiger partial charge >= 0.3 is 0 Å². The maximum Gasteiger partial charge on any atom is 0.234 e. The molecule has 1 aromatic heterocycles. The van der Waals surface area contributed by atoms with E-state index in [9.17, 15) is 9.18 Å². The van der Waals surface area contributed by atoms with Crippen molar-refractivity contribution < 1.29 is 9.18 Å². The van der Waals surface area contributed by atoms with E-state index in [1.165, 1.54) is 23.9 Å². The fourth-order valence-electron chi connectivity index (χ4n) is 2.61. The van der Waals surface area contributed by atoms with E-state index in [4.69, 9.17) is 23.2 Å². The van der Waals surface area contributed by atoms with Gasteiger partial charge in [-0.1, -0.05) is 59.2 Å². The first-order chi connectivity index (χ1) is 15.0. The van der Waals surface area contributed by atoms with E-state index < -0.39 is 5.82 Å². The zero-order valence-electron chi connectivity index (χ0n) is 16.4. The molecule has 0 saturated heterocycles. The van der Waals surface area contributed by atoms with Gasteiger partial charge in [-0.15, -0.1) is 28.5 Å². The topological polar surface area (TPSA) is 59.8 Å². The third-order valence-electron chi connectivity index (χ3n) is 4.07. The lowest BCUT2D eigenvalue weighted by Gasteiger charge is -2.09. The number of carbonyl (C=O) groups excluding carboxylic acids is 1. The Labute approximate surface area is 198 Å². The highest BCUT2D eigenvalue weighted by atomic mass is 35.5. The Bertz CT molecular complexity index is 1080. The molecule has 1 amide bonds. The minimum Gasteiger partial charge on any atom is -0.323 e. The maximum atomic E-state index is 13.7. The summed E-state index contributed by atoms with van der Waals surface area (Å²) in [5, 5.41) is 12.7. The Hall–Kier alpha value is -2.00. The van der Waals surface area contributed by atoms with Crippen LogP contribution in [0.2, 0.25) is 10.0 Å². The number of rotatable bonds is 10. The largest absolute Gasteiger partial charge is 0.323 e. The summed E-state index contributed by atoms with van der Waals surface area (Å²) < 4.78 is 15.6. The summed E-state index contributed by atoms with van der Waals surface area (Å²) in [4.78, 5) is 12.2. The van der Waals surface area contributed by atoms with Crippen molar-refractivity contribution in [3.8, 4) is 0 Å². The van der Waals surface area contributed by atoms with Gasteiger partial charge in [-0.25, -0.2) is 4.39 Å². The van der Waals surface area contributed by atoms with Crippen LogP contribution >= 0.6 is 46.7 Å². The van der Waals surface area contributed by atoms with Gasteiger partial charge in [-0.3, -0.25) is 4.79 Å². The Balaban J connectivity index is 1.57. The number of allylic oxidation sites excluding steroid dienone is 1. The lowest BCUT2D eigenvalue weighted by Crippen LogP contribution is -2.15. The number of aromatic nitrogens is 3. The van der Waals surface area contributed by atoms with Crippen LogP contribution in [0.1, 0.15) is 11.4 Å². The SMILES string of the molecule is C=CCn1c(CSCc2ccc(Cl)c(Cl)c2)nnc1SCC(=O)Nc1ccccc1F. The van der Waals surface area contributed by atoms with E-state index in [1.54, 1.807) is 36.0 Å². The zero-order chi connectivity index (χ0) is 22.2. The molecule has 2 aromatic carbocycles. The summed E-state index contributed by atoms with van der Waals surface area (Å²) in [6.45, 7) is 4.30. The molecular weight excluding hydrogens is 478 g/mol. The summed E-state index contributed by atoms with van der Waals surface area (Å²) in [5.41, 5.74) is 1.22.